The van der Waals surface area contributed by atoms with Gasteiger partial charge in [0.25, 0.3) is 0 Å². The fourth-order valence-electron chi connectivity index (χ4n) is 1.63. The van der Waals surface area contributed by atoms with Gasteiger partial charge in [-0.2, -0.15) is 15.0 Å². The quantitative estimate of drug-likeness (QED) is 0.795. The molecule has 1 heterocycles. The van der Waals surface area contributed by atoms with Gasteiger partial charge in [0.1, 0.15) is 5.75 Å². The molecular formula is C13H17N5O. The molecule has 0 saturated heterocycles. The number of anilines is 2. The maximum absolute atomic E-state index is 5.73. The number of rotatable bonds is 5. The van der Waals surface area contributed by atoms with Gasteiger partial charge in [-0.3, -0.25) is 0 Å². The second kappa shape index (κ2) is 5.99. The highest BCUT2D eigenvalue weighted by Crippen LogP contribution is 2.27. The van der Waals surface area contributed by atoms with Crippen LogP contribution in [0.2, 0.25) is 0 Å². The van der Waals surface area contributed by atoms with E-state index in [4.69, 9.17) is 16.2 Å². The number of aromatic nitrogens is 3. The van der Waals surface area contributed by atoms with Crippen molar-refractivity contribution in [3.8, 4) is 17.1 Å². The maximum Gasteiger partial charge on any atom is 0.225 e. The Hall–Kier alpha value is -2.37. The van der Waals surface area contributed by atoms with E-state index < -0.39 is 0 Å². The average molecular weight is 259 g/mol. The summed E-state index contributed by atoms with van der Waals surface area (Å²) in [5.41, 5.74) is 11.9. The third-order valence-electron chi connectivity index (χ3n) is 2.55. The summed E-state index contributed by atoms with van der Waals surface area (Å²) in [5.74, 6) is 1.36. The molecule has 6 heteroatoms. The summed E-state index contributed by atoms with van der Waals surface area (Å²) in [6.45, 7) is 2.77. The maximum atomic E-state index is 5.73. The number of nitrogen functional groups attached to an aromatic ring is 2. The topological polar surface area (TPSA) is 99.9 Å². The van der Waals surface area contributed by atoms with Gasteiger partial charge < -0.3 is 16.2 Å². The molecule has 0 aliphatic rings. The molecule has 0 saturated carbocycles. The van der Waals surface area contributed by atoms with E-state index in [1.54, 1.807) is 0 Å². The zero-order valence-electron chi connectivity index (χ0n) is 10.8. The fourth-order valence-corrected chi connectivity index (χ4v) is 1.63. The molecule has 0 radical (unpaired) electrons. The van der Waals surface area contributed by atoms with Crippen molar-refractivity contribution in [3.05, 3.63) is 24.3 Å². The van der Waals surface area contributed by atoms with Crippen LogP contribution in [-0.2, 0) is 0 Å². The number of nitrogens with zero attached hydrogens (tertiary/aromatic N) is 3. The summed E-state index contributed by atoms with van der Waals surface area (Å²) < 4.78 is 5.73. The third kappa shape index (κ3) is 3.31. The minimum Gasteiger partial charge on any atom is -0.493 e. The van der Waals surface area contributed by atoms with Gasteiger partial charge in [0.2, 0.25) is 11.9 Å². The lowest BCUT2D eigenvalue weighted by Gasteiger charge is -2.10. The second-order valence-corrected chi connectivity index (χ2v) is 4.07. The van der Waals surface area contributed by atoms with E-state index in [1.165, 1.54) is 0 Å². The third-order valence-corrected chi connectivity index (χ3v) is 2.55. The predicted molar refractivity (Wildman–Crippen MR) is 74.5 cm³/mol. The Bertz CT molecular complexity index is 538. The molecule has 2 rings (SSSR count). The van der Waals surface area contributed by atoms with Crippen molar-refractivity contribution in [2.45, 2.75) is 19.8 Å². The lowest BCUT2D eigenvalue weighted by atomic mass is 10.2. The Balaban J connectivity index is 2.32. The highest BCUT2D eigenvalue weighted by atomic mass is 16.5. The summed E-state index contributed by atoms with van der Waals surface area (Å²) in [7, 11) is 0. The molecule has 2 aromatic rings. The van der Waals surface area contributed by atoms with Gasteiger partial charge in [-0.15, -0.1) is 0 Å². The summed E-state index contributed by atoms with van der Waals surface area (Å²) in [5, 5.41) is 0. The number of para-hydroxylation sites is 1. The van der Waals surface area contributed by atoms with Gasteiger partial charge in [0.15, 0.2) is 5.82 Å². The highest BCUT2D eigenvalue weighted by Gasteiger charge is 2.10. The molecule has 0 aliphatic heterocycles. The lowest BCUT2D eigenvalue weighted by molar-refractivity contribution is 0.310. The Kier molecular flexibility index (Phi) is 4.12. The van der Waals surface area contributed by atoms with Gasteiger partial charge in [-0.05, 0) is 18.6 Å². The van der Waals surface area contributed by atoms with E-state index in [1.807, 2.05) is 24.3 Å². The molecule has 0 fully saturated rings. The smallest absolute Gasteiger partial charge is 0.225 e. The van der Waals surface area contributed by atoms with E-state index in [9.17, 15) is 0 Å². The van der Waals surface area contributed by atoms with Crippen molar-refractivity contribution in [2.24, 2.45) is 0 Å². The molecule has 100 valence electrons. The van der Waals surface area contributed by atoms with Gasteiger partial charge in [-0.25, -0.2) is 0 Å². The molecule has 6 nitrogen and oxygen atoms in total. The molecule has 0 spiro atoms. The molecule has 4 N–H and O–H groups in total. The summed E-state index contributed by atoms with van der Waals surface area (Å²) in [6.07, 6.45) is 2.07. The van der Waals surface area contributed by atoms with Gasteiger partial charge in [0, 0.05) is 0 Å². The highest BCUT2D eigenvalue weighted by molar-refractivity contribution is 5.65. The van der Waals surface area contributed by atoms with Crippen LogP contribution in [0.15, 0.2) is 24.3 Å². The normalized spacial score (nSPS) is 10.4. The van der Waals surface area contributed by atoms with Crippen molar-refractivity contribution in [1.29, 1.82) is 0 Å². The first-order valence-corrected chi connectivity index (χ1v) is 6.20. The Labute approximate surface area is 111 Å². The van der Waals surface area contributed by atoms with Crippen LogP contribution < -0.4 is 16.2 Å². The molecule has 0 bridgehead atoms. The number of unbranched alkanes of at least 4 members (excludes halogenated alkanes) is 1. The van der Waals surface area contributed by atoms with Crippen molar-refractivity contribution >= 4 is 11.9 Å². The first-order chi connectivity index (χ1) is 9.20. The summed E-state index contributed by atoms with van der Waals surface area (Å²) in [4.78, 5) is 11.9. The van der Waals surface area contributed by atoms with Crippen molar-refractivity contribution in [3.63, 3.8) is 0 Å². The lowest BCUT2D eigenvalue weighted by Crippen LogP contribution is -2.05. The van der Waals surface area contributed by atoms with Crippen LogP contribution in [0.25, 0.3) is 11.4 Å². The van der Waals surface area contributed by atoms with E-state index in [0.29, 0.717) is 12.4 Å². The molecule has 1 aromatic heterocycles. The van der Waals surface area contributed by atoms with Crippen molar-refractivity contribution < 1.29 is 4.74 Å². The van der Waals surface area contributed by atoms with Crippen LogP contribution >= 0.6 is 0 Å². The van der Waals surface area contributed by atoms with E-state index in [-0.39, 0.29) is 11.9 Å². The molecule has 0 aliphatic carbocycles. The molecule has 1 aromatic carbocycles. The summed E-state index contributed by atoms with van der Waals surface area (Å²) >= 11 is 0. The van der Waals surface area contributed by atoms with Crippen LogP contribution in [0.1, 0.15) is 19.8 Å². The van der Waals surface area contributed by atoms with Crippen molar-refractivity contribution in [2.75, 3.05) is 18.1 Å². The Morgan fingerprint density at radius 3 is 2.42 bits per heavy atom. The fraction of sp³-hybridized carbons (Fsp3) is 0.308. The minimum atomic E-state index is 0.103. The predicted octanol–water partition coefficient (Wildman–Crippen LogP) is 1.88. The van der Waals surface area contributed by atoms with E-state index in [0.717, 1.165) is 24.2 Å². The number of ether oxygens (including phenoxy) is 1. The van der Waals surface area contributed by atoms with Crippen LogP contribution in [0.4, 0.5) is 11.9 Å². The van der Waals surface area contributed by atoms with E-state index >= 15 is 0 Å². The van der Waals surface area contributed by atoms with Crippen LogP contribution in [0.5, 0.6) is 5.75 Å². The van der Waals surface area contributed by atoms with Gasteiger partial charge in [-0.1, -0.05) is 25.5 Å². The van der Waals surface area contributed by atoms with E-state index in [2.05, 4.69) is 21.9 Å². The summed E-state index contributed by atoms with van der Waals surface area (Å²) in [6, 6.07) is 7.54. The van der Waals surface area contributed by atoms with Crippen LogP contribution in [-0.4, -0.2) is 21.6 Å². The largest absolute Gasteiger partial charge is 0.493 e. The molecule has 0 amide bonds. The number of hydrogen-bond acceptors (Lipinski definition) is 6. The zero-order valence-corrected chi connectivity index (χ0v) is 10.8. The minimum absolute atomic E-state index is 0.103. The Morgan fingerprint density at radius 1 is 1.05 bits per heavy atom. The molecule has 19 heavy (non-hydrogen) atoms. The second-order valence-electron chi connectivity index (χ2n) is 4.07. The van der Waals surface area contributed by atoms with Crippen molar-refractivity contribution in [1.82, 2.24) is 15.0 Å². The average Bonchev–Trinajstić information content (AvgIpc) is 2.38. The standard InChI is InChI=1S/C13H17N5O/c1-2-3-8-19-10-7-5-4-6-9(10)11-16-12(14)18-13(15)17-11/h4-7H,2-3,8H2,1H3,(H4,14,15,16,17,18). The van der Waals surface area contributed by atoms with Gasteiger partial charge in [0.05, 0.1) is 12.2 Å². The van der Waals surface area contributed by atoms with Crippen LogP contribution in [0, 0.1) is 0 Å². The zero-order chi connectivity index (χ0) is 13.7. The number of hydrogen-bond donors (Lipinski definition) is 2. The first kappa shape index (κ1) is 13.1. The number of benzene rings is 1. The van der Waals surface area contributed by atoms with Gasteiger partial charge >= 0.3 is 0 Å². The molecular weight excluding hydrogens is 242 g/mol. The number of nitrogens with two attached hydrogens (primary N) is 2. The molecule has 0 unspecified atom stereocenters. The Morgan fingerprint density at radius 2 is 1.74 bits per heavy atom. The van der Waals surface area contributed by atoms with Crippen LogP contribution in [0.3, 0.4) is 0 Å². The first-order valence-electron chi connectivity index (χ1n) is 6.20. The molecule has 0 atom stereocenters. The SMILES string of the molecule is CCCCOc1ccccc1-c1nc(N)nc(N)n1. The monoisotopic (exact) mass is 259 g/mol.